The van der Waals surface area contributed by atoms with Crippen LogP contribution in [0.3, 0.4) is 0 Å². The molecular formula is C14H20N2O3. The lowest BCUT2D eigenvalue weighted by atomic mass is 9.93. The predicted octanol–water partition coefficient (Wildman–Crippen LogP) is 1.72. The van der Waals surface area contributed by atoms with Crippen LogP contribution < -0.4 is 5.43 Å². The van der Waals surface area contributed by atoms with Crippen LogP contribution in [-0.4, -0.2) is 34.3 Å². The second-order valence-corrected chi connectivity index (χ2v) is 6.01. The first kappa shape index (κ1) is 13.6. The SMILES string of the molecule is Cn1ccc(=O)c(C2CN(C(=O)OC(C)(C)C)C2)c1. The van der Waals surface area contributed by atoms with Gasteiger partial charge in [-0.2, -0.15) is 0 Å². The molecule has 1 aliphatic rings. The van der Waals surface area contributed by atoms with Gasteiger partial charge in [0.2, 0.25) is 0 Å². The summed E-state index contributed by atoms with van der Waals surface area (Å²) in [7, 11) is 1.88. The third kappa shape index (κ3) is 3.16. The Bertz CT molecular complexity index is 536. The summed E-state index contributed by atoms with van der Waals surface area (Å²) in [6, 6.07) is 1.56. The Morgan fingerprint density at radius 1 is 1.37 bits per heavy atom. The molecule has 1 aromatic rings. The van der Waals surface area contributed by atoms with Crippen molar-refractivity contribution in [3.63, 3.8) is 0 Å². The van der Waals surface area contributed by atoms with Gasteiger partial charge in [-0.05, 0) is 20.8 Å². The van der Waals surface area contributed by atoms with Crippen LogP contribution >= 0.6 is 0 Å². The monoisotopic (exact) mass is 264 g/mol. The molecule has 104 valence electrons. The van der Waals surface area contributed by atoms with Crippen molar-refractivity contribution in [1.29, 1.82) is 0 Å². The molecule has 5 nitrogen and oxygen atoms in total. The van der Waals surface area contributed by atoms with E-state index < -0.39 is 5.60 Å². The Hall–Kier alpha value is -1.78. The molecular weight excluding hydrogens is 244 g/mol. The van der Waals surface area contributed by atoms with Crippen LogP contribution in [0.5, 0.6) is 0 Å². The Morgan fingerprint density at radius 2 is 2.00 bits per heavy atom. The van der Waals surface area contributed by atoms with E-state index in [1.165, 1.54) is 0 Å². The number of hydrogen-bond donors (Lipinski definition) is 0. The zero-order chi connectivity index (χ0) is 14.2. The lowest BCUT2D eigenvalue weighted by Crippen LogP contribution is -2.51. The molecule has 1 saturated heterocycles. The maximum absolute atomic E-state index is 11.8. The van der Waals surface area contributed by atoms with E-state index in [-0.39, 0.29) is 17.4 Å². The molecule has 19 heavy (non-hydrogen) atoms. The quantitative estimate of drug-likeness (QED) is 0.776. The van der Waals surface area contributed by atoms with Crippen LogP contribution in [0.15, 0.2) is 23.3 Å². The molecule has 2 rings (SSSR count). The topological polar surface area (TPSA) is 51.5 Å². The average Bonchev–Trinajstić information content (AvgIpc) is 2.18. The number of carbonyl (C=O) groups excluding carboxylic acids is 1. The summed E-state index contributed by atoms with van der Waals surface area (Å²) in [6.45, 7) is 6.63. The van der Waals surface area contributed by atoms with Crippen molar-refractivity contribution in [2.24, 2.45) is 7.05 Å². The largest absolute Gasteiger partial charge is 0.444 e. The van der Waals surface area contributed by atoms with Crippen LogP contribution in [0.2, 0.25) is 0 Å². The summed E-state index contributed by atoms with van der Waals surface area (Å²) in [5.74, 6) is 0.118. The molecule has 0 N–H and O–H groups in total. The summed E-state index contributed by atoms with van der Waals surface area (Å²) in [5.41, 5.74) is 0.321. The van der Waals surface area contributed by atoms with E-state index in [1.807, 2.05) is 38.6 Å². The Balaban J connectivity index is 1.98. The van der Waals surface area contributed by atoms with Gasteiger partial charge in [0, 0.05) is 50.1 Å². The minimum Gasteiger partial charge on any atom is -0.444 e. The van der Waals surface area contributed by atoms with Crippen LogP contribution in [0.25, 0.3) is 0 Å². The minimum absolute atomic E-state index is 0.0342. The summed E-state index contributed by atoms with van der Waals surface area (Å²) in [6.07, 6.45) is 3.26. The number of hydrogen-bond acceptors (Lipinski definition) is 3. The molecule has 0 bridgehead atoms. The molecule has 0 atom stereocenters. The van der Waals surface area contributed by atoms with Gasteiger partial charge >= 0.3 is 6.09 Å². The Labute approximate surface area is 112 Å². The number of ether oxygens (including phenoxy) is 1. The molecule has 0 unspecified atom stereocenters. The van der Waals surface area contributed by atoms with E-state index in [9.17, 15) is 9.59 Å². The van der Waals surface area contributed by atoms with E-state index in [0.29, 0.717) is 13.1 Å². The summed E-state index contributed by atoms with van der Waals surface area (Å²) in [4.78, 5) is 25.2. The van der Waals surface area contributed by atoms with Crippen molar-refractivity contribution in [1.82, 2.24) is 9.47 Å². The summed E-state index contributed by atoms with van der Waals surface area (Å²) >= 11 is 0. The van der Waals surface area contributed by atoms with E-state index in [2.05, 4.69) is 0 Å². The van der Waals surface area contributed by atoms with Crippen LogP contribution in [0, 0.1) is 0 Å². The van der Waals surface area contributed by atoms with Gasteiger partial charge in [-0.25, -0.2) is 4.79 Å². The van der Waals surface area contributed by atoms with Crippen LogP contribution in [0.4, 0.5) is 4.79 Å². The second-order valence-electron chi connectivity index (χ2n) is 6.01. The lowest BCUT2D eigenvalue weighted by molar-refractivity contribution is 0.00807. The number of likely N-dealkylation sites (tertiary alicyclic amines) is 1. The third-order valence-corrected chi connectivity index (χ3v) is 3.06. The first-order chi connectivity index (χ1) is 8.76. The molecule has 0 radical (unpaired) electrons. The highest BCUT2D eigenvalue weighted by atomic mass is 16.6. The number of rotatable bonds is 1. The smallest absolute Gasteiger partial charge is 0.410 e. The number of aromatic nitrogens is 1. The van der Waals surface area contributed by atoms with Crippen molar-refractivity contribution in [2.75, 3.05) is 13.1 Å². The summed E-state index contributed by atoms with van der Waals surface area (Å²) in [5, 5.41) is 0. The molecule has 1 aliphatic heterocycles. The van der Waals surface area contributed by atoms with E-state index in [4.69, 9.17) is 4.74 Å². The summed E-state index contributed by atoms with van der Waals surface area (Å²) < 4.78 is 7.14. The molecule has 0 aliphatic carbocycles. The fourth-order valence-electron chi connectivity index (χ4n) is 2.06. The first-order valence-electron chi connectivity index (χ1n) is 6.40. The third-order valence-electron chi connectivity index (χ3n) is 3.06. The van der Waals surface area contributed by atoms with Crippen molar-refractivity contribution >= 4 is 6.09 Å². The Kier molecular flexibility index (Phi) is 3.39. The average molecular weight is 264 g/mol. The highest BCUT2D eigenvalue weighted by Crippen LogP contribution is 2.26. The molecule has 1 fully saturated rings. The van der Waals surface area contributed by atoms with Gasteiger partial charge in [0.25, 0.3) is 0 Å². The van der Waals surface area contributed by atoms with Gasteiger partial charge in [0.05, 0.1) is 0 Å². The molecule has 2 heterocycles. The molecule has 1 aromatic heterocycles. The first-order valence-corrected chi connectivity index (χ1v) is 6.40. The highest BCUT2D eigenvalue weighted by Gasteiger charge is 2.35. The maximum Gasteiger partial charge on any atom is 0.410 e. The van der Waals surface area contributed by atoms with Crippen LogP contribution in [-0.2, 0) is 11.8 Å². The van der Waals surface area contributed by atoms with Crippen molar-refractivity contribution < 1.29 is 9.53 Å². The number of amides is 1. The van der Waals surface area contributed by atoms with Gasteiger partial charge in [-0.3, -0.25) is 4.79 Å². The molecule has 5 heteroatoms. The maximum atomic E-state index is 11.8. The molecule has 1 amide bonds. The second kappa shape index (κ2) is 4.72. The Morgan fingerprint density at radius 3 is 2.58 bits per heavy atom. The van der Waals surface area contributed by atoms with Gasteiger partial charge in [0.15, 0.2) is 5.43 Å². The molecule has 0 aromatic carbocycles. The van der Waals surface area contributed by atoms with Crippen molar-refractivity contribution in [3.8, 4) is 0 Å². The fraction of sp³-hybridized carbons (Fsp3) is 0.571. The zero-order valence-electron chi connectivity index (χ0n) is 11.8. The standard InChI is InChI=1S/C14H20N2O3/c1-14(2,3)19-13(18)16-7-10(8-16)11-9-15(4)6-5-12(11)17/h5-6,9-10H,7-8H2,1-4H3. The van der Waals surface area contributed by atoms with Gasteiger partial charge in [0.1, 0.15) is 5.60 Å². The van der Waals surface area contributed by atoms with E-state index >= 15 is 0 Å². The fourth-order valence-corrected chi connectivity index (χ4v) is 2.06. The molecule has 0 saturated carbocycles. The number of carbonyl (C=O) groups is 1. The van der Waals surface area contributed by atoms with Crippen LogP contribution in [0.1, 0.15) is 32.3 Å². The number of aryl methyl sites for hydroxylation is 1. The van der Waals surface area contributed by atoms with E-state index in [1.54, 1.807) is 17.2 Å². The van der Waals surface area contributed by atoms with Gasteiger partial charge in [-0.15, -0.1) is 0 Å². The van der Waals surface area contributed by atoms with Gasteiger partial charge < -0.3 is 14.2 Å². The number of nitrogens with zero attached hydrogens (tertiary/aromatic N) is 2. The molecule has 0 spiro atoms. The van der Waals surface area contributed by atoms with E-state index in [0.717, 1.165) is 5.56 Å². The number of pyridine rings is 1. The van der Waals surface area contributed by atoms with Gasteiger partial charge in [-0.1, -0.05) is 0 Å². The zero-order valence-corrected chi connectivity index (χ0v) is 11.8. The predicted molar refractivity (Wildman–Crippen MR) is 72.2 cm³/mol. The lowest BCUT2D eigenvalue weighted by Gasteiger charge is -2.39. The normalized spacial score (nSPS) is 16.1. The highest BCUT2D eigenvalue weighted by molar-refractivity contribution is 5.69. The van der Waals surface area contributed by atoms with Crippen molar-refractivity contribution in [2.45, 2.75) is 32.3 Å². The van der Waals surface area contributed by atoms with Crippen molar-refractivity contribution in [3.05, 3.63) is 34.2 Å². The minimum atomic E-state index is -0.481.